The maximum atomic E-state index is 13.8. The number of nitrogens with one attached hydrogen (secondary N) is 1. The van der Waals surface area contributed by atoms with E-state index < -0.39 is 24.7 Å². The second-order valence-corrected chi connectivity index (χ2v) is 11.3. The van der Waals surface area contributed by atoms with E-state index >= 15 is 0 Å². The van der Waals surface area contributed by atoms with Crippen molar-refractivity contribution >= 4 is 34.6 Å². The average molecular weight is 529 g/mol. The number of rotatable bonds is 7. The fourth-order valence-electron chi connectivity index (χ4n) is 6.93. The molecule has 3 heterocycles. The number of carboxylic acid groups (broad SMARTS) is 1. The van der Waals surface area contributed by atoms with Crippen molar-refractivity contribution in [1.82, 2.24) is 9.88 Å². The lowest BCUT2D eigenvalue weighted by molar-refractivity contribution is -0.142. The van der Waals surface area contributed by atoms with Crippen LogP contribution in [0.1, 0.15) is 74.8 Å². The van der Waals surface area contributed by atoms with Crippen LogP contribution in [-0.4, -0.2) is 58.1 Å². The van der Waals surface area contributed by atoms with Gasteiger partial charge in [-0.1, -0.05) is 32.1 Å². The van der Waals surface area contributed by atoms with Crippen LogP contribution >= 0.6 is 0 Å². The minimum absolute atomic E-state index is 0.0187. The van der Waals surface area contributed by atoms with Crippen LogP contribution < -0.4 is 11.1 Å². The smallest absolute Gasteiger partial charge is 0.371 e. The van der Waals surface area contributed by atoms with Crippen LogP contribution in [0.15, 0.2) is 22.7 Å². The molecule has 2 amide bonds. The molecule has 0 aromatic carbocycles. The van der Waals surface area contributed by atoms with Gasteiger partial charge in [-0.15, -0.1) is 0 Å². The summed E-state index contributed by atoms with van der Waals surface area (Å²) in [6, 6.07) is 1.98. The first-order valence-electron chi connectivity index (χ1n) is 13.9. The highest BCUT2D eigenvalue weighted by molar-refractivity contribution is 5.99. The first-order valence-corrected chi connectivity index (χ1v) is 13.9. The molecule has 206 valence electrons. The minimum Gasteiger partial charge on any atom is -0.475 e. The maximum absolute atomic E-state index is 13.8. The van der Waals surface area contributed by atoms with Crippen LogP contribution in [-0.2, 0) is 9.59 Å². The van der Waals surface area contributed by atoms with Gasteiger partial charge < -0.3 is 25.5 Å². The third kappa shape index (κ3) is 5.41. The predicted molar refractivity (Wildman–Crippen MR) is 139 cm³/mol. The Morgan fingerprint density at radius 2 is 1.84 bits per heavy atom. The van der Waals surface area contributed by atoms with Gasteiger partial charge in [0.05, 0.1) is 11.9 Å². The number of amides is 2. The molecule has 0 radical (unpaired) electrons. The standard InChI is InChI=1S/C28H37FN4O5/c29-14-22(30)17-6-8-18(9-7-17)27(35)33-11-10-21(16-4-2-1-3-5-16)24(33)25(34)32-20-12-19-13-23(28(36)37)38-26(19)31-15-20/h12-13,15-18,21-22,24H,1-11,14,30H2,(H,32,34)(H,36,37)/t17-,18-,21-,22+,24-/m0/s1. The number of halogens is 1. The zero-order valence-electron chi connectivity index (χ0n) is 21.6. The first-order chi connectivity index (χ1) is 18.4. The molecule has 3 fully saturated rings. The number of aromatic nitrogens is 1. The number of carbonyl (C=O) groups excluding carboxylic acids is 2. The number of fused-ring (bicyclic) bond motifs is 1. The molecule has 3 atom stereocenters. The van der Waals surface area contributed by atoms with E-state index in [1.165, 1.54) is 18.7 Å². The molecular weight excluding hydrogens is 491 g/mol. The molecular formula is C28H37FN4O5. The summed E-state index contributed by atoms with van der Waals surface area (Å²) < 4.78 is 18.3. The van der Waals surface area contributed by atoms with Gasteiger partial charge in [0.1, 0.15) is 12.7 Å². The fourth-order valence-corrected chi connectivity index (χ4v) is 6.93. The van der Waals surface area contributed by atoms with Gasteiger partial charge in [-0.3, -0.25) is 9.59 Å². The minimum atomic E-state index is -1.19. The summed E-state index contributed by atoms with van der Waals surface area (Å²) in [7, 11) is 0. The fraction of sp³-hybridized carbons (Fsp3) is 0.643. The molecule has 0 unspecified atom stereocenters. The zero-order chi connectivity index (χ0) is 26.8. The molecule has 38 heavy (non-hydrogen) atoms. The quantitative estimate of drug-likeness (QED) is 0.485. The van der Waals surface area contributed by atoms with Gasteiger partial charge in [0, 0.05) is 30.0 Å². The van der Waals surface area contributed by atoms with Crippen molar-refractivity contribution in [2.75, 3.05) is 18.5 Å². The lowest BCUT2D eigenvalue weighted by Gasteiger charge is -2.36. The average Bonchev–Trinajstić information content (AvgIpc) is 3.58. The van der Waals surface area contributed by atoms with E-state index in [1.54, 1.807) is 11.0 Å². The molecule has 4 N–H and O–H groups in total. The Hall–Kier alpha value is -3.01. The van der Waals surface area contributed by atoms with Crippen molar-refractivity contribution in [1.29, 1.82) is 0 Å². The Morgan fingerprint density at radius 1 is 1.11 bits per heavy atom. The van der Waals surface area contributed by atoms with Crippen molar-refractivity contribution in [2.24, 2.45) is 29.4 Å². The summed E-state index contributed by atoms with van der Waals surface area (Å²) in [5, 5.41) is 12.6. The summed E-state index contributed by atoms with van der Waals surface area (Å²) in [5.74, 6) is -1.19. The Balaban J connectivity index is 1.34. The van der Waals surface area contributed by atoms with Gasteiger partial charge in [0.15, 0.2) is 0 Å². The Morgan fingerprint density at radius 3 is 2.53 bits per heavy atom. The van der Waals surface area contributed by atoms with Gasteiger partial charge in [0.25, 0.3) is 0 Å². The molecule has 1 aliphatic heterocycles. The molecule has 1 saturated heterocycles. The number of furan rings is 1. The lowest BCUT2D eigenvalue weighted by Crippen LogP contribution is -2.50. The number of carboxylic acids is 1. The van der Waals surface area contributed by atoms with E-state index in [-0.39, 0.29) is 41.0 Å². The van der Waals surface area contributed by atoms with Gasteiger partial charge in [0.2, 0.25) is 23.3 Å². The van der Waals surface area contributed by atoms with Crippen LogP contribution in [0, 0.1) is 23.7 Å². The number of alkyl halides is 1. The van der Waals surface area contributed by atoms with Crippen molar-refractivity contribution in [2.45, 2.75) is 76.3 Å². The number of anilines is 1. The number of likely N-dealkylation sites (tertiary alicyclic amines) is 1. The van der Waals surface area contributed by atoms with Crippen molar-refractivity contribution in [3.8, 4) is 0 Å². The number of aromatic carboxylic acids is 1. The molecule has 2 aliphatic carbocycles. The van der Waals surface area contributed by atoms with E-state index in [2.05, 4.69) is 10.3 Å². The summed E-state index contributed by atoms with van der Waals surface area (Å²) in [6.07, 6.45) is 10.7. The second kappa shape index (κ2) is 11.4. The molecule has 10 heteroatoms. The predicted octanol–water partition coefficient (Wildman–Crippen LogP) is 4.37. The molecule has 2 saturated carbocycles. The van der Waals surface area contributed by atoms with E-state index in [0.29, 0.717) is 36.4 Å². The van der Waals surface area contributed by atoms with E-state index in [0.717, 1.165) is 44.9 Å². The van der Waals surface area contributed by atoms with Crippen LogP contribution in [0.3, 0.4) is 0 Å². The normalized spacial score (nSPS) is 27.4. The van der Waals surface area contributed by atoms with Crippen molar-refractivity contribution < 1.29 is 28.3 Å². The molecule has 9 nitrogen and oxygen atoms in total. The highest BCUT2D eigenvalue weighted by Gasteiger charge is 2.47. The number of hydrogen-bond acceptors (Lipinski definition) is 6. The Bertz CT molecular complexity index is 1170. The summed E-state index contributed by atoms with van der Waals surface area (Å²) >= 11 is 0. The molecule has 2 aromatic rings. The molecule has 0 bridgehead atoms. The number of hydrogen-bond donors (Lipinski definition) is 3. The summed E-state index contributed by atoms with van der Waals surface area (Å²) in [5.41, 5.74) is 6.53. The van der Waals surface area contributed by atoms with Crippen LogP contribution in [0.4, 0.5) is 10.1 Å². The zero-order valence-corrected chi connectivity index (χ0v) is 21.6. The maximum Gasteiger partial charge on any atom is 0.371 e. The second-order valence-electron chi connectivity index (χ2n) is 11.3. The van der Waals surface area contributed by atoms with Gasteiger partial charge in [-0.05, 0) is 55.9 Å². The molecule has 0 spiro atoms. The largest absolute Gasteiger partial charge is 0.475 e. The Kier molecular flexibility index (Phi) is 7.97. The van der Waals surface area contributed by atoms with Crippen LogP contribution in [0.25, 0.3) is 11.1 Å². The molecule has 5 rings (SSSR count). The number of nitrogens with two attached hydrogens (primary N) is 1. The highest BCUT2D eigenvalue weighted by atomic mass is 19.1. The number of carbonyl (C=O) groups is 3. The van der Waals surface area contributed by atoms with E-state index in [1.807, 2.05) is 0 Å². The van der Waals surface area contributed by atoms with Crippen molar-refractivity contribution in [3.05, 3.63) is 24.1 Å². The summed E-state index contributed by atoms with van der Waals surface area (Å²) in [4.78, 5) is 44.7. The van der Waals surface area contributed by atoms with Crippen LogP contribution in [0.5, 0.6) is 0 Å². The van der Waals surface area contributed by atoms with E-state index in [4.69, 9.17) is 10.2 Å². The van der Waals surface area contributed by atoms with Crippen molar-refractivity contribution in [3.63, 3.8) is 0 Å². The third-order valence-corrected chi connectivity index (χ3v) is 9.01. The third-order valence-electron chi connectivity index (χ3n) is 9.01. The number of pyridine rings is 1. The van der Waals surface area contributed by atoms with Gasteiger partial charge >= 0.3 is 5.97 Å². The lowest BCUT2D eigenvalue weighted by atomic mass is 9.76. The monoisotopic (exact) mass is 528 g/mol. The first kappa shape index (κ1) is 26.6. The number of nitrogens with zero attached hydrogens (tertiary/aromatic N) is 2. The topological polar surface area (TPSA) is 139 Å². The molecule has 3 aliphatic rings. The van der Waals surface area contributed by atoms with E-state index in [9.17, 15) is 23.9 Å². The van der Waals surface area contributed by atoms with Crippen LogP contribution in [0.2, 0.25) is 0 Å². The highest BCUT2D eigenvalue weighted by Crippen LogP contribution is 2.41. The molecule has 2 aromatic heterocycles. The van der Waals surface area contributed by atoms with Gasteiger partial charge in [-0.25, -0.2) is 14.2 Å². The Labute approximate surface area is 221 Å². The van der Waals surface area contributed by atoms with Gasteiger partial charge in [-0.2, -0.15) is 0 Å². The SMILES string of the molecule is N[C@H](CF)[C@H]1CC[C@H](C(=O)N2CC[C@@H](C3CCCCC3)[C@H]2C(=O)Nc2cnc3oc(C(=O)O)cc3c2)CC1. The summed E-state index contributed by atoms with van der Waals surface area (Å²) in [6.45, 7) is 0.0147.